The van der Waals surface area contributed by atoms with Crippen LogP contribution in [0.3, 0.4) is 0 Å². The molecule has 0 aliphatic heterocycles. The number of carbonyl (C=O) groups is 1. The van der Waals surface area contributed by atoms with Gasteiger partial charge in [0.05, 0.1) is 12.1 Å². The van der Waals surface area contributed by atoms with Crippen molar-refractivity contribution in [1.82, 2.24) is 5.32 Å². The van der Waals surface area contributed by atoms with Gasteiger partial charge >= 0.3 is 0 Å². The molecule has 0 radical (unpaired) electrons. The summed E-state index contributed by atoms with van der Waals surface area (Å²) in [5.74, 6) is 0.839. The topological polar surface area (TPSA) is 38.3 Å². The molecule has 1 aromatic carbocycles. The van der Waals surface area contributed by atoms with Crippen LogP contribution in [0.1, 0.15) is 18.4 Å². The van der Waals surface area contributed by atoms with Gasteiger partial charge in [-0.15, -0.1) is 0 Å². The zero-order chi connectivity index (χ0) is 12.4. The Morgan fingerprint density at radius 1 is 1.47 bits per heavy atom. The van der Waals surface area contributed by atoms with Crippen molar-refractivity contribution in [3.8, 4) is 5.75 Å². The molecule has 2 rings (SSSR count). The van der Waals surface area contributed by atoms with Gasteiger partial charge in [-0.1, -0.05) is 23.2 Å². The fourth-order valence-electron chi connectivity index (χ4n) is 1.65. The van der Waals surface area contributed by atoms with E-state index in [1.807, 2.05) is 0 Å². The van der Waals surface area contributed by atoms with E-state index in [0.29, 0.717) is 22.3 Å². The molecule has 92 valence electrons. The zero-order valence-corrected chi connectivity index (χ0v) is 10.9. The number of halogens is 2. The van der Waals surface area contributed by atoms with E-state index in [1.165, 1.54) is 0 Å². The Bertz CT molecular complexity index is 444. The summed E-state index contributed by atoms with van der Waals surface area (Å²) < 4.78 is 5.20. The Morgan fingerprint density at radius 2 is 2.18 bits per heavy atom. The summed E-state index contributed by atoms with van der Waals surface area (Å²) in [6, 6.07) is 3.37. The Hall–Kier alpha value is -0.930. The van der Waals surface area contributed by atoms with Gasteiger partial charge < -0.3 is 10.1 Å². The molecule has 1 N–H and O–H groups in total. The molecule has 1 fully saturated rings. The first-order valence-corrected chi connectivity index (χ1v) is 6.17. The lowest BCUT2D eigenvalue weighted by atomic mass is 10.2. The minimum Gasteiger partial charge on any atom is -0.495 e. The second kappa shape index (κ2) is 5.15. The van der Waals surface area contributed by atoms with Crippen LogP contribution in [0.4, 0.5) is 0 Å². The SMILES string of the molecule is COc1c(Cl)cc(Cl)cc1CNC(=O)C1CC1. The fraction of sp³-hybridized carbons (Fsp3) is 0.417. The summed E-state index contributed by atoms with van der Waals surface area (Å²) in [6.07, 6.45) is 1.97. The van der Waals surface area contributed by atoms with E-state index in [9.17, 15) is 4.79 Å². The molecule has 0 bridgehead atoms. The highest BCUT2D eigenvalue weighted by atomic mass is 35.5. The van der Waals surface area contributed by atoms with Gasteiger partial charge in [0.1, 0.15) is 5.75 Å². The zero-order valence-electron chi connectivity index (χ0n) is 9.43. The third kappa shape index (κ3) is 3.05. The fourth-order valence-corrected chi connectivity index (χ4v) is 2.26. The number of methoxy groups -OCH3 is 1. The Morgan fingerprint density at radius 3 is 2.76 bits per heavy atom. The molecular formula is C12H13Cl2NO2. The normalized spacial score (nSPS) is 14.5. The maximum atomic E-state index is 11.5. The molecule has 0 spiro atoms. The highest BCUT2D eigenvalue weighted by molar-refractivity contribution is 6.35. The van der Waals surface area contributed by atoms with Crippen molar-refractivity contribution in [2.75, 3.05) is 7.11 Å². The molecular weight excluding hydrogens is 261 g/mol. The van der Waals surface area contributed by atoms with Crippen molar-refractivity contribution in [3.63, 3.8) is 0 Å². The van der Waals surface area contributed by atoms with Crippen molar-refractivity contribution in [2.45, 2.75) is 19.4 Å². The van der Waals surface area contributed by atoms with Crippen LogP contribution in [-0.4, -0.2) is 13.0 Å². The van der Waals surface area contributed by atoms with E-state index in [2.05, 4.69) is 5.32 Å². The van der Waals surface area contributed by atoms with Crippen molar-refractivity contribution in [1.29, 1.82) is 0 Å². The molecule has 1 aromatic rings. The molecule has 1 aliphatic carbocycles. The van der Waals surface area contributed by atoms with Crippen LogP contribution in [0.15, 0.2) is 12.1 Å². The van der Waals surface area contributed by atoms with Crippen LogP contribution in [0.2, 0.25) is 10.0 Å². The smallest absolute Gasteiger partial charge is 0.223 e. The van der Waals surface area contributed by atoms with E-state index in [4.69, 9.17) is 27.9 Å². The average Bonchev–Trinajstić information content (AvgIpc) is 3.08. The molecule has 1 aliphatic rings. The molecule has 17 heavy (non-hydrogen) atoms. The third-order valence-electron chi connectivity index (χ3n) is 2.69. The average molecular weight is 274 g/mol. The van der Waals surface area contributed by atoms with Gasteiger partial charge in [0.2, 0.25) is 5.91 Å². The number of benzene rings is 1. The third-order valence-corrected chi connectivity index (χ3v) is 3.19. The number of hydrogen-bond acceptors (Lipinski definition) is 2. The molecule has 0 atom stereocenters. The lowest BCUT2D eigenvalue weighted by Crippen LogP contribution is -2.24. The van der Waals surface area contributed by atoms with Gasteiger partial charge in [-0.05, 0) is 25.0 Å². The molecule has 1 saturated carbocycles. The van der Waals surface area contributed by atoms with Crippen LogP contribution in [0, 0.1) is 5.92 Å². The van der Waals surface area contributed by atoms with Crippen molar-refractivity contribution in [3.05, 3.63) is 27.7 Å². The minimum atomic E-state index is 0.0863. The van der Waals surface area contributed by atoms with Crippen molar-refractivity contribution >= 4 is 29.1 Å². The number of nitrogens with one attached hydrogen (secondary N) is 1. The second-order valence-electron chi connectivity index (χ2n) is 4.07. The monoisotopic (exact) mass is 273 g/mol. The van der Waals surface area contributed by atoms with Crippen LogP contribution < -0.4 is 10.1 Å². The number of hydrogen-bond donors (Lipinski definition) is 1. The molecule has 0 heterocycles. The summed E-state index contributed by atoms with van der Waals surface area (Å²) >= 11 is 11.9. The summed E-state index contributed by atoms with van der Waals surface area (Å²) in [6.45, 7) is 0.388. The van der Waals surface area contributed by atoms with Crippen molar-refractivity contribution in [2.24, 2.45) is 5.92 Å². The van der Waals surface area contributed by atoms with E-state index >= 15 is 0 Å². The maximum absolute atomic E-state index is 11.5. The van der Waals surface area contributed by atoms with Crippen LogP contribution in [0.25, 0.3) is 0 Å². The molecule has 0 aromatic heterocycles. The molecule has 0 unspecified atom stereocenters. The first kappa shape index (κ1) is 12.5. The first-order valence-electron chi connectivity index (χ1n) is 5.41. The number of amides is 1. The predicted octanol–water partition coefficient (Wildman–Crippen LogP) is 3.03. The van der Waals surface area contributed by atoms with Gasteiger partial charge in [-0.3, -0.25) is 4.79 Å². The number of rotatable bonds is 4. The quantitative estimate of drug-likeness (QED) is 0.916. The van der Waals surface area contributed by atoms with E-state index in [1.54, 1.807) is 19.2 Å². The van der Waals surface area contributed by atoms with Gasteiger partial charge in [-0.2, -0.15) is 0 Å². The Labute approximate surface area is 110 Å². The first-order chi connectivity index (χ1) is 8.11. The van der Waals surface area contributed by atoms with E-state index < -0.39 is 0 Å². The lowest BCUT2D eigenvalue weighted by Gasteiger charge is -2.11. The Balaban J connectivity index is 2.10. The van der Waals surface area contributed by atoms with Gasteiger partial charge in [-0.25, -0.2) is 0 Å². The lowest BCUT2D eigenvalue weighted by molar-refractivity contribution is -0.122. The maximum Gasteiger partial charge on any atom is 0.223 e. The number of ether oxygens (including phenoxy) is 1. The minimum absolute atomic E-state index is 0.0863. The second-order valence-corrected chi connectivity index (χ2v) is 4.92. The van der Waals surface area contributed by atoms with Crippen LogP contribution in [-0.2, 0) is 11.3 Å². The molecule has 1 amide bonds. The number of carbonyl (C=O) groups excluding carboxylic acids is 1. The van der Waals surface area contributed by atoms with Crippen LogP contribution in [0.5, 0.6) is 5.75 Å². The van der Waals surface area contributed by atoms with Crippen LogP contribution >= 0.6 is 23.2 Å². The Kier molecular flexibility index (Phi) is 3.79. The van der Waals surface area contributed by atoms with Gasteiger partial charge in [0.15, 0.2) is 0 Å². The van der Waals surface area contributed by atoms with E-state index in [0.717, 1.165) is 18.4 Å². The molecule has 0 saturated heterocycles. The predicted molar refractivity (Wildman–Crippen MR) is 67.6 cm³/mol. The van der Waals surface area contributed by atoms with Crippen molar-refractivity contribution < 1.29 is 9.53 Å². The summed E-state index contributed by atoms with van der Waals surface area (Å²) in [5, 5.41) is 3.84. The highest BCUT2D eigenvalue weighted by Crippen LogP contribution is 2.33. The van der Waals surface area contributed by atoms with Gasteiger partial charge in [0, 0.05) is 23.0 Å². The van der Waals surface area contributed by atoms with E-state index in [-0.39, 0.29) is 11.8 Å². The van der Waals surface area contributed by atoms with Gasteiger partial charge in [0.25, 0.3) is 0 Å². The molecule has 5 heteroatoms. The molecule has 3 nitrogen and oxygen atoms in total. The standard InChI is InChI=1S/C12H13Cl2NO2/c1-17-11-8(4-9(13)5-10(11)14)6-15-12(16)7-2-3-7/h4-5,7H,2-3,6H2,1H3,(H,15,16). The summed E-state index contributed by atoms with van der Waals surface area (Å²) in [5.41, 5.74) is 0.791. The largest absolute Gasteiger partial charge is 0.495 e. The highest BCUT2D eigenvalue weighted by Gasteiger charge is 2.29. The summed E-state index contributed by atoms with van der Waals surface area (Å²) in [4.78, 5) is 11.5. The summed E-state index contributed by atoms with van der Waals surface area (Å²) in [7, 11) is 1.54.